The third-order valence-corrected chi connectivity index (χ3v) is 2.94. The summed E-state index contributed by atoms with van der Waals surface area (Å²) in [7, 11) is 0.386. The number of nitro groups is 1. The molecule has 0 saturated heterocycles. The van der Waals surface area contributed by atoms with E-state index < -0.39 is 36.7 Å². The molecule has 0 atom stereocenters. The van der Waals surface area contributed by atoms with Gasteiger partial charge in [0, 0.05) is 10.7 Å². The molecule has 88 valence electrons. The van der Waals surface area contributed by atoms with Crippen molar-refractivity contribution in [1.29, 1.82) is 0 Å². The zero-order valence-electron chi connectivity index (χ0n) is 7.30. The summed E-state index contributed by atoms with van der Waals surface area (Å²) in [6.07, 6.45) is -2.73. The van der Waals surface area contributed by atoms with Gasteiger partial charge in [0.05, 0.1) is 11.6 Å². The molecule has 0 aliphatic carbocycles. The Kier molecular flexibility index (Phi) is 3.38. The highest BCUT2D eigenvalue weighted by atomic mass is 35.7. The Morgan fingerprint density at radius 3 is 2.44 bits per heavy atom. The molecule has 0 radical (unpaired) electrons. The molecule has 6 nitrogen and oxygen atoms in total. The first-order chi connectivity index (χ1) is 7.23. The topological polar surface area (TPSA) is 90.2 Å². The lowest BCUT2D eigenvalue weighted by Crippen LogP contribution is -2.02. The summed E-state index contributed by atoms with van der Waals surface area (Å²) in [5, 5.41) is 10.3. The highest BCUT2D eigenvalue weighted by molar-refractivity contribution is 8.13. The number of pyridine rings is 1. The van der Waals surface area contributed by atoms with E-state index in [0.717, 1.165) is 0 Å². The standard InChI is InChI=1S/C6H3ClF2N2O4S/c7-16(14,15)4-1-5(11(12)13)10-2-3(4)6(8)9/h1-2,6H. The summed E-state index contributed by atoms with van der Waals surface area (Å²) >= 11 is 0. The molecule has 0 aliphatic rings. The van der Waals surface area contributed by atoms with Crippen LogP contribution in [0, 0.1) is 10.1 Å². The van der Waals surface area contributed by atoms with Gasteiger partial charge < -0.3 is 10.1 Å². The van der Waals surface area contributed by atoms with Gasteiger partial charge in [-0.05, 0) is 9.91 Å². The first-order valence-corrected chi connectivity index (χ1v) is 5.91. The largest absolute Gasteiger partial charge is 0.364 e. The van der Waals surface area contributed by atoms with Crippen LogP contribution in [0.3, 0.4) is 0 Å². The average Bonchev–Trinajstić information content (AvgIpc) is 2.15. The van der Waals surface area contributed by atoms with Crippen molar-refractivity contribution in [3.8, 4) is 0 Å². The molecule has 0 aliphatic heterocycles. The van der Waals surface area contributed by atoms with Gasteiger partial charge in [0.15, 0.2) is 6.20 Å². The van der Waals surface area contributed by atoms with Crippen LogP contribution in [0.1, 0.15) is 12.0 Å². The molecule has 1 aromatic rings. The second-order valence-electron chi connectivity index (χ2n) is 2.58. The number of halogens is 3. The Bertz CT molecular complexity index is 533. The summed E-state index contributed by atoms with van der Waals surface area (Å²) in [5.41, 5.74) is -0.972. The number of hydrogen-bond acceptors (Lipinski definition) is 5. The second kappa shape index (κ2) is 4.26. The van der Waals surface area contributed by atoms with Crippen LogP contribution >= 0.6 is 10.7 Å². The number of hydrogen-bond donors (Lipinski definition) is 0. The molecule has 0 saturated carbocycles. The lowest BCUT2D eigenvalue weighted by Gasteiger charge is -2.02. The molecule has 1 heterocycles. The minimum atomic E-state index is -4.49. The molecular formula is C6H3ClF2N2O4S. The average molecular weight is 273 g/mol. The second-order valence-corrected chi connectivity index (χ2v) is 5.11. The minimum absolute atomic E-state index is 0.393. The van der Waals surface area contributed by atoms with Crippen LogP contribution in [0.5, 0.6) is 0 Å². The smallest absolute Gasteiger partial charge is 0.358 e. The van der Waals surface area contributed by atoms with Crippen LogP contribution in [0.25, 0.3) is 0 Å². The third kappa shape index (κ3) is 2.61. The van der Waals surface area contributed by atoms with E-state index >= 15 is 0 Å². The molecular weight excluding hydrogens is 270 g/mol. The minimum Gasteiger partial charge on any atom is -0.358 e. The van der Waals surface area contributed by atoms with Crippen LogP contribution < -0.4 is 0 Å². The fourth-order valence-corrected chi connectivity index (χ4v) is 1.98. The molecule has 0 amide bonds. The van der Waals surface area contributed by atoms with Gasteiger partial charge in [-0.1, -0.05) is 0 Å². The first-order valence-electron chi connectivity index (χ1n) is 3.60. The van der Waals surface area contributed by atoms with E-state index in [-0.39, 0.29) is 0 Å². The zero-order valence-corrected chi connectivity index (χ0v) is 8.87. The van der Waals surface area contributed by atoms with Gasteiger partial charge in [0.1, 0.15) is 4.90 Å². The van der Waals surface area contributed by atoms with Crippen molar-refractivity contribution < 1.29 is 22.1 Å². The van der Waals surface area contributed by atoms with Gasteiger partial charge in [-0.3, -0.25) is 0 Å². The Balaban J connectivity index is 3.51. The molecule has 0 fully saturated rings. The summed E-state index contributed by atoms with van der Waals surface area (Å²) < 4.78 is 46.5. The van der Waals surface area contributed by atoms with E-state index in [1.807, 2.05) is 0 Å². The van der Waals surface area contributed by atoms with E-state index in [1.165, 1.54) is 0 Å². The first kappa shape index (κ1) is 12.7. The maximum atomic E-state index is 12.4. The van der Waals surface area contributed by atoms with Crippen molar-refractivity contribution in [2.75, 3.05) is 0 Å². The molecule has 0 spiro atoms. The van der Waals surface area contributed by atoms with Gasteiger partial charge in [0.25, 0.3) is 15.5 Å². The SMILES string of the molecule is O=[N+]([O-])c1cc(S(=O)(=O)Cl)c(C(F)F)cn1. The molecule has 0 unspecified atom stereocenters. The number of alkyl halides is 2. The molecule has 0 bridgehead atoms. The Morgan fingerprint density at radius 2 is 2.06 bits per heavy atom. The molecule has 1 aromatic heterocycles. The van der Waals surface area contributed by atoms with Crippen molar-refractivity contribution in [3.63, 3.8) is 0 Å². The van der Waals surface area contributed by atoms with Gasteiger partial charge in [-0.2, -0.15) is 0 Å². The number of aromatic nitrogens is 1. The van der Waals surface area contributed by atoms with Gasteiger partial charge in [0.2, 0.25) is 0 Å². The summed E-state index contributed by atoms with van der Waals surface area (Å²) in [6, 6.07) is 0.393. The third-order valence-electron chi connectivity index (χ3n) is 1.57. The fourth-order valence-electron chi connectivity index (χ4n) is 0.912. The van der Waals surface area contributed by atoms with Gasteiger partial charge >= 0.3 is 5.82 Å². The van der Waals surface area contributed by atoms with Crippen molar-refractivity contribution in [3.05, 3.63) is 27.9 Å². The lowest BCUT2D eigenvalue weighted by atomic mass is 10.3. The number of rotatable bonds is 3. The van der Waals surface area contributed by atoms with Crippen molar-refractivity contribution >= 4 is 25.6 Å². The molecule has 1 rings (SSSR count). The molecule has 0 aromatic carbocycles. The monoisotopic (exact) mass is 272 g/mol. The van der Waals surface area contributed by atoms with E-state index in [9.17, 15) is 27.3 Å². The maximum Gasteiger partial charge on any atom is 0.364 e. The summed E-state index contributed by atoms with van der Waals surface area (Å²) in [5.74, 6) is -0.872. The lowest BCUT2D eigenvalue weighted by molar-refractivity contribution is -0.389. The van der Waals surface area contributed by atoms with Gasteiger partial charge in [-0.15, -0.1) is 0 Å². The Morgan fingerprint density at radius 1 is 1.50 bits per heavy atom. The van der Waals surface area contributed by atoms with Crippen LogP contribution in [-0.4, -0.2) is 18.3 Å². The quantitative estimate of drug-likeness (QED) is 0.476. The van der Waals surface area contributed by atoms with E-state index in [4.69, 9.17) is 10.7 Å². The van der Waals surface area contributed by atoms with Gasteiger partial charge in [-0.25, -0.2) is 17.2 Å². The van der Waals surface area contributed by atoms with Crippen molar-refractivity contribution in [2.24, 2.45) is 0 Å². The predicted octanol–water partition coefficient (Wildman–Crippen LogP) is 1.85. The van der Waals surface area contributed by atoms with Crippen LogP contribution in [0.2, 0.25) is 0 Å². The highest BCUT2D eigenvalue weighted by Gasteiger charge is 2.26. The maximum absolute atomic E-state index is 12.4. The summed E-state index contributed by atoms with van der Waals surface area (Å²) in [6.45, 7) is 0. The van der Waals surface area contributed by atoms with Crippen LogP contribution in [-0.2, 0) is 9.05 Å². The number of nitrogens with zero attached hydrogens (tertiary/aromatic N) is 2. The Labute approximate surface area is 92.4 Å². The Hall–Kier alpha value is -1.35. The molecule has 10 heteroatoms. The van der Waals surface area contributed by atoms with E-state index in [0.29, 0.717) is 12.3 Å². The van der Waals surface area contributed by atoms with Crippen molar-refractivity contribution in [2.45, 2.75) is 11.3 Å². The fraction of sp³-hybridized carbons (Fsp3) is 0.167. The van der Waals surface area contributed by atoms with Crippen molar-refractivity contribution in [1.82, 2.24) is 4.98 Å². The van der Waals surface area contributed by atoms with E-state index in [1.54, 1.807) is 0 Å². The predicted molar refractivity (Wildman–Crippen MR) is 48.9 cm³/mol. The molecule has 0 N–H and O–H groups in total. The highest BCUT2D eigenvalue weighted by Crippen LogP contribution is 2.30. The zero-order chi connectivity index (χ0) is 12.5. The molecule has 16 heavy (non-hydrogen) atoms. The normalized spacial score (nSPS) is 11.8. The van der Waals surface area contributed by atoms with Crippen LogP contribution in [0.15, 0.2) is 17.2 Å². The van der Waals surface area contributed by atoms with Crippen LogP contribution in [0.4, 0.5) is 14.6 Å². The van der Waals surface area contributed by atoms with E-state index in [2.05, 4.69) is 4.98 Å². The summed E-state index contributed by atoms with van der Waals surface area (Å²) in [4.78, 5) is 11.3.